The molecule has 2 aromatic rings. The van der Waals surface area contributed by atoms with Gasteiger partial charge < -0.3 is 9.15 Å². The number of halogens is 2. The van der Waals surface area contributed by atoms with Crippen molar-refractivity contribution in [3.05, 3.63) is 51.9 Å². The van der Waals surface area contributed by atoms with E-state index >= 15 is 0 Å². The maximum atomic E-state index is 11.6. The number of rotatable bonds is 7. The van der Waals surface area contributed by atoms with E-state index in [4.69, 9.17) is 32.4 Å². The SMILES string of the molecule is Cc1ccc(/C=N\NC(=O)CCCOc2ccc(Cl)cc2Cl)o1. The quantitative estimate of drug-likeness (QED) is 0.460. The van der Waals surface area contributed by atoms with Gasteiger partial charge in [-0.25, -0.2) is 5.43 Å². The second-order valence-electron chi connectivity index (χ2n) is 4.77. The lowest BCUT2D eigenvalue weighted by Gasteiger charge is -2.07. The molecule has 2 rings (SSSR count). The minimum absolute atomic E-state index is 0.199. The van der Waals surface area contributed by atoms with Crippen LogP contribution in [0.2, 0.25) is 10.0 Å². The van der Waals surface area contributed by atoms with Crippen LogP contribution in [0.3, 0.4) is 0 Å². The minimum Gasteiger partial charge on any atom is -0.492 e. The Morgan fingerprint density at radius 3 is 2.87 bits per heavy atom. The van der Waals surface area contributed by atoms with Crippen LogP contribution >= 0.6 is 23.2 Å². The molecule has 0 aliphatic heterocycles. The van der Waals surface area contributed by atoms with Gasteiger partial charge in [-0.3, -0.25) is 4.79 Å². The number of carbonyl (C=O) groups excluding carboxylic acids is 1. The first-order valence-electron chi connectivity index (χ1n) is 7.01. The van der Waals surface area contributed by atoms with Gasteiger partial charge in [0.25, 0.3) is 0 Å². The van der Waals surface area contributed by atoms with Crippen LogP contribution in [0.1, 0.15) is 24.4 Å². The average molecular weight is 355 g/mol. The molecule has 0 aliphatic carbocycles. The lowest BCUT2D eigenvalue weighted by molar-refractivity contribution is -0.121. The largest absolute Gasteiger partial charge is 0.492 e. The van der Waals surface area contributed by atoms with Crippen molar-refractivity contribution in [1.82, 2.24) is 5.43 Å². The number of hydrogen-bond donors (Lipinski definition) is 1. The Hall–Kier alpha value is -1.98. The monoisotopic (exact) mass is 354 g/mol. The third kappa shape index (κ3) is 5.96. The number of amides is 1. The van der Waals surface area contributed by atoms with Crippen molar-refractivity contribution < 1.29 is 13.9 Å². The van der Waals surface area contributed by atoms with Gasteiger partial charge in [-0.1, -0.05) is 23.2 Å². The molecule has 23 heavy (non-hydrogen) atoms. The molecule has 0 fully saturated rings. The van der Waals surface area contributed by atoms with E-state index in [-0.39, 0.29) is 5.91 Å². The zero-order valence-electron chi connectivity index (χ0n) is 12.5. The van der Waals surface area contributed by atoms with Crippen molar-refractivity contribution in [1.29, 1.82) is 0 Å². The summed E-state index contributed by atoms with van der Waals surface area (Å²) in [6.07, 6.45) is 2.29. The highest BCUT2D eigenvalue weighted by Gasteiger charge is 2.04. The van der Waals surface area contributed by atoms with Crippen LogP contribution in [0.15, 0.2) is 39.9 Å². The molecule has 122 valence electrons. The molecule has 0 aliphatic rings. The van der Waals surface area contributed by atoms with Crippen molar-refractivity contribution in [2.24, 2.45) is 5.10 Å². The summed E-state index contributed by atoms with van der Waals surface area (Å²) in [5.74, 6) is 1.72. The van der Waals surface area contributed by atoms with Crippen molar-refractivity contribution in [2.45, 2.75) is 19.8 Å². The van der Waals surface area contributed by atoms with E-state index in [2.05, 4.69) is 10.5 Å². The second kappa shape index (κ2) is 8.60. The summed E-state index contributed by atoms with van der Waals surface area (Å²) in [4.78, 5) is 11.6. The predicted molar refractivity (Wildman–Crippen MR) is 90.4 cm³/mol. The molecule has 5 nitrogen and oxygen atoms in total. The number of carbonyl (C=O) groups is 1. The fourth-order valence-electron chi connectivity index (χ4n) is 1.75. The van der Waals surface area contributed by atoms with Crippen LogP contribution in [0.25, 0.3) is 0 Å². The number of hydrogen-bond acceptors (Lipinski definition) is 4. The predicted octanol–water partition coefficient (Wildman–Crippen LogP) is 4.20. The van der Waals surface area contributed by atoms with E-state index in [1.807, 2.05) is 13.0 Å². The Bertz CT molecular complexity index is 698. The van der Waals surface area contributed by atoms with Crippen molar-refractivity contribution >= 4 is 35.3 Å². The third-order valence-electron chi connectivity index (χ3n) is 2.84. The highest BCUT2D eigenvalue weighted by atomic mass is 35.5. The van der Waals surface area contributed by atoms with Gasteiger partial charge >= 0.3 is 0 Å². The first kappa shape index (κ1) is 17.4. The fraction of sp³-hybridized carbons (Fsp3) is 0.250. The molecule has 1 heterocycles. The normalized spacial score (nSPS) is 10.9. The second-order valence-corrected chi connectivity index (χ2v) is 5.61. The molecule has 1 aromatic heterocycles. The Morgan fingerprint density at radius 2 is 2.17 bits per heavy atom. The lowest BCUT2D eigenvalue weighted by atomic mass is 10.3. The zero-order chi connectivity index (χ0) is 16.7. The van der Waals surface area contributed by atoms with E-state index in [1.165, 1.54) is 6.21 Å². The number of furan rings is 1. The van der Waals surface area contributed by atoms with Gasteiger partial charge in [-0.05, 0) is 43.7 Å². The summed E-state index contributed by atoms with van der Waals surface area (Å²) in [7, 11) is 0. The summed E-state index contributed by atoms with van der Waals surface area (Å²) in [5, 5.41) is 4.81. The van der Waals surface area contributed by atoms with E-state index in [0.29, 0.717) is 41.0 Å². The fourth-order valence-corrected chi connectivity index (χ4v) is 2.22. The molecule has 1 aromatic carbocycles. The highest BCUT2D eigenvalue weighted by Crippen LogP contribution is 2.27. The first-order valence-corrected chi connectivity index (χ1v) is 7.76. The van der Waals surface area contributed by atoms with Crippen molar-refractivity contribution in [2.75, 3.05) is 6.61 Å². The molecule has 1 N–H and O–H groups in total. The number of hydrazone groups is 1. The first-order chi connectivity index (χ1) is 11.0. The Morgan fingerprint density at radius 1 is 1.35 bits per heavy atom. The van der Waals surface area contributed by atoms with Crippen LogP contribution in [-0.2, 0) is 4.79 Å². The topological polar surface area (TPSA) is 63.8 Å². The Kier molecular flexibility index (Phi) is 6.50. The summed E-state index contributed by atoms with van der Waals surface area (Å²) in [5.41, 5.74) is 2.43. The van der Waals surface area contributed by atoms with E-state index < -0.39 is 0 Å². The molecule has 7 heteroatoms. The molecule has 0 unspecified atom stereocenters. The lowest BCUT2D eigenvalue weighted by Crippen LogP contribution is -2.18. The molecule has 0 spiro atoms. The molecular formula is C16H16Cl2N2O3. The van der Waals surface area contributed by atoms with Gasteiger partial charge in [0, 0.05) is 11.4 Å². The van der Waals surface area contributed by atoms with E-state index in [9.17, 15) is 4.79 Å². The summed E-state index contributed by atoms with van der Waals surface area (Å²) in [6.45, 7) is 2.21. The van der Waals surface area contributed by atoms with Crippen LogP contribution in [-0.4, -0.2) is 18.7 Å². The molecule has 0 bridgehead atoms. The maximum Gasteiger partial charge on any atom is 0.240 e. The maximum absolute atomic E-state index is 11.6. The average Bonchev–Trinajstić information content (AvgIpc) is 2.91. The van der Waals surface area contributed by atoms with Gasteiger partial charge in [0.1, 0.15) is 17.3 Å². The molecule has 0 saturated carbocycles. The zero-order valence-corrected chi connectivity index (χ0v) is 14.0. The smallest absolute Gasteiger partial charge is 0.240 e. The Balaban J connectivity index is 1.65. The molecule has 0 saturated heterocycles. The van der Waals surface area contributed by atoms with Gasteiger partial charge in [0.2, 0.25) is 5.91 Å². The molecule has 0 radical (unpaired) electrons. The summed E-state index contributed by atoms with van der Waals surface area (Å²) < 4.78 is 10.8. The minimum atomic E-state index is -0.199. The van der Waals surface area contributed by atoms with Gasteiger partial charge in [0.15, 0.2) is 0 Å². The molecular weight excluding hydrogens is 339 g/mol. The number of benzene rings is 1. The van der Waals surface area contributed by atoms with Crippen LogP contribution < -0.4 is 10.2 Å². The number of nitrogens with one attached hydrogen (secondary N) is 1. The third-order valence-corrected chi connectivity index (χ3v) is 3.37. The standard InChI is InChI=1S/C16H16Cl2N2O3/c1-11-4-6-13(23-11)10-19-20-16(21)3-2-8-22-15-7-5-12(17)9-14(15)18/h4-7,9-10H,2-3,8H2,1H3,(H,20,21)/b19-10-. The number of aryl methyl sites for hydroxylation is 1. The van der Waals surface area contributed by atoms with Gasteiger partial charge in [0.05, 0.1) is 17.8 Å². The summed E-state index contributed by atoms with van der Waals surface area (Å²) >= 11 is 11.8. The van der Waals surface area contributed by atoms with E-state index in [1.54, 1.807) is 24.3 Å². The van der Waals surface area contributed by atoms with Crippen molar-refractivity contribution in [3.8, 4) is 5.75 Å². The number of ether oxygens (including phenoxy) is 1. The van der Waals surface area contributed by atoms with Crippen molar-refractivity contribution in [3.63, 3.8) is 0 Å². The highest BCUT2D eigenvalue weighted by molar-refractivity contribution is 6.35. The van der Waals surface area contributed by atoms with E-state index in [0.717, 1.165) is 5.76 Å². The van der Waals surface area contributed by atoms with Crippen LogP contribution in [0, 0.1) is 6.92 Å². The number of nitrogens with zero attached hydrogens (tertiary/aromatic N) is 1. The van der Waals surface area contributed by atoms with Gasteiger partial charge in [-0.2, -0.15) is 5.10 Å². The molecule has 1 amide bonds. The summed E-state index contributed by atoms with van der Waals surface area (Å²) in [6, 6.07) is 8.59. The Labute approximate surface area is 144 Å². The van der Waals surface area contributed by atoms with Crippen LogP contribution in [0.4, 0.5) is 0 Å². The van der Waals surface area contributed by atoms with Gasteiger partial charge in [-0.15, -0.1) is 0 Å². The molecule has 0 atom stereocenters. The van der Waals surface area contributed by atoms with Crippen LogP contribution in [0.5, 0.6) is 5.75 Å².